The molecule has 2 aromatic heterocycles. The van der Waals surface area contributed by atoms with E-state index in [0.717, 1.165) is 32.7 Å². The van der Waals surface area contributed by atoms with Gasteiger partial charge in [0.1, 0.15) is 17.3 Å². The highest BCUT2D eigenvalue weighted by molar-refractivity contribution is 9.10. The maximum absolute atomic E-state index is 14.1. The lowest BCUT2D eigenvalue weighted by atomic mass is 10.1. The highest BCUT2D eigenvalue weighted by Crippen LogP contribution is 2.40. The number of ether oxygens (including phenoxy) is 1. The second kappa shape index (κ2) is 11.4. The zero-order valence-electron chi connectivity index (χ0n) is 23.6. The van der Waals surface area contributed by atoms with Crippen LogP contribution in [0.5, 0.6) is 5.75 Å². The largest absolute Gasteiger partial charge is 0.497 e. The first-order valence-electron chi connectivity index (χ1n) is 13.9. The van der Waals surface area contributed by atoms with Crippen molar-refractivity contribution >= 4 is 50.1 Å². The van der Waals surface area contributed by atoms with Gasteiger partial charge in [-0.2, -0.15) is 0 Å². The number of aromatic nitrogens is 5. The van der Waals surface area contributed by atoms with Gasteiger partial charge in [-0.1, -0.05) is 63.6 Å². The van der Waals surface area contributed by atoms with Crippen molar-refractivity contribution < 1.29 is 9.53 Å². The maximum atomic E-state index is 14.1. The SMILES string of the molecule is COc1ccc(Cn2c(/C=C3/C(=O)N(Cc4cn(-c5ccccc5)nn4)c4ccc(Br)cc43)nc3ccccc3c2=O)cc1. The molecule has 216 valence electrons. The molecule has 0 N–H and O–H groups in total. The minimum atomic E-state index is -0.217. The number of rotatable bonds is 7. The first-order valence-corrected chi connectivity index (χ1v) is 14.7. The van der Waals surface area contributed by atoms with Gasteiger partial charge >= 0.3 is 0 Å². The van der Waals surface area contributed by atoms with E-state index in [0.29, 0.717) is 28.0 Å². The van der Waals surface area contributed by atoms with E-state index in [4.69, 9.17) is 9.72 Å². The molecule has 0 aliphatic carbocycles. The van der Waals surface area contributed by atoms with Gasteiger partial charge < -0.3 is 9.64 Å². The molecule has 0 radical (unpaired) electrons. The first-order chi connectivity index (χ1) is 21.5. The Bertz CT molecular complexity index is 2120. The average molecular weight is 646 g/mol. The summed E-state index contributed by atoms with van der Waals surface area (Å²) in [5.74, 6) is 0.893. The molecule has 0 bridgehead atoms. The van der Waals surface area contributed by atoms with Crippen LogP contribution >= 0.6 is 15.9 Å². The quantitative estimate of drug-likeness (QED) is 0.201. The molecule has 1 aliphatic heterocycles. The van der Waals surface area contributed by atoms with Crippen LogP contribution in [0.1, 0.15) is 22.6 Å². The van der Waals surface area contributed by atoms with Crippen molar-refractivity contribution in [3.63, 3.8) is 0 Å². The van der Waals surface area contributed by atoms with Crippen molar-refractivity contribution in [2.24, 2.45) is 0 Å². The summed E-state index contributed by atoms with van der Waals surface area (Å²) < 4.78 is 9.42. The Hall–Kier alpha value is -5.35. The van der Waals surface area contributed by atoms with E-state index >= 15 is 0 Å². The van der Waals surface area contributed by atoms with E-state index in [1.807, 2.05) is 91.1 Å². The number of benzene rings is 4. The molecular formula is C34H25BrN6O3. The van der Waals surface area contributed by atoms with E-state index in [-0.39, 0.29) is 24.6 Å². The summed E-state index contributed by atoms with van der Waals surface area (Å²) in [7, 11) is 1.61. The highest BCUT2D eigenvalue weighted by atomic mass is 79.9. The number of para-hydroxylation sites is 2. The summed E-state index contributed by atoms with van der Waals surface area (Å²) >= 11 is 3.56. The van der Waals surface area contributed by atoms with Crippen molar-refractivity contribution in [2.75, 3.05) is 12.0 Å². The molecule has 0 saturated heterocycles. The lowest BCUT2D eigenvalue weighted by Crippen LogP contribution is -2.27. The summed E-state index contributed by atoms with van der Waals surface area (Å²) in [6.45, 7) is 0.493. The number of fused-ring (bicyclic) bond motifs is 2. The van der Waals surface area contributed by atoms with E-state index in [2.05, 4.69) is 26.2 Å². The molecule has 3 heterocycles. The Labute approximate surface area is 260 Å². The van der Waals surface area contributed by atoms with Crippen LogP contribution in [0.25, 0.3) is 28.2 Å². The number of methoxy groups -OCH3 is 1. The number of hydrogen-bond acceptors (Lipinski definition) is 6. The molecule has 1 amide bonds. The van der Waals surface area contributed by atoms with Crippen molar-refractivity contribution in [2.45, 2.75) is 13.1 Å². The van der Waals surface area contributed by atoms with Crippen LogP contribution in [-0.4, -0.2) is 37.6 Å². The predicted molar refractivity (Wildman–Crippen MR) is 173 cm³/mol. The van der Waals surface area contributed by atoms with Gasteiger partial charge in [0.05, 0.1) is 54.2 Å². The van der Waals surface area contributed by atoms with Crippen LogP contribution in [0, 0.1) is 0 Å². The van der Waals surface area contributed by atoms with Gasteiger partial charge in [0.25, 0.3) is 11.5 Å². The van der Waals surface area contributed by atoms with E-state index in [9.17, 15) is 9.59 Å². The van der Waals surface area contributed by atoms with Crippen LogP contribution in [0.2, 0.25) is 0 Å². The molecule has 7 rings (SSSR count). The Kier molecular flexibility index (Phi) is 7.11. The fraction of sp³-hybridized carbons (Fsp3) is 0.0882. The third kappa shape index (κ3) is 5.09. The van der Waals surface area contributed by atoms with Gasteiger partial charge in [0, 0.05) is 10.0 Å². The zero-order chi connectivity index (χ0) is 30.2. The zero-order valence-corrected chi connectivity index (χ0v) is 25.2. The van der Waals surface area contributed by atoms with Gasteiger partial charge in [0.2, 0.25) is 0 Å². The smallest absolute Gasteiger partial charge is 0.261 e. The maximum Gasteiger partial charge on any atom is 0.261 e. The second-order valence-electron chi connectivity index (χ2n) is 10.3. The Balaban J connectivity index is 1.31. The molecule has 4 aromatic carbocycles. The summed E-state index contributed by atoms with van der Waals surface area (Å²) in [4.78, 5) is 34.5. The molecule has 0 saturated carbocycles. The third-order valence-electron chi connectivity index (χ3n) is 7.56. The number of anilines is 1. The summed E-state index contributed by atoms with van der Waals surface area (Å²) in [5.41, 5.74) is 4.69. The van der Waals surface area contributed by atoms with E-state index < -0.39 is 0 Å². The molecule has 0 atom stereocenters. The fourth-order valence-electron chi connectivity index (χ4n) is 5.36. The van der Waals surface area contributed by atoms with Gasteiger partial charge in [-0.3, -0.25) is 14.2 Å². The number of halogens is 1. The number of nitrogens with zero attached hydrogens (tertiary/aromatic N) is 6. The van der Waals surface area contributed by atoms with Gasteiger partial charge in [0.15, 0.2) is 0 Å². The van der Waals surface area contributed by atoms with Crippen molar-refractivity contribution in [3.8, 4) is 11.4 Å². The van der Waals surface area contributed by atoms with Crippen LogP contribution in [0.15, 0.2) is 113 Å². The molecule has 0 fully saturated rings. The van der Waals surface area contributed by atoms with Gasteiger partial charge in [-0.15, -0.1) is 5.10 Å². The normalized spacial score (nSPS) is 13.5. The van der Waals surface area contributed by atoms with E-state index in [1.54, 1.807) is 39.5 Å². The Morgan fingerprint density at radius 1 is 0.886 bits per heavy atom. The number of amides is 1. The lowest BCUT2D eigenvalue weighted by molar-refractivity contribution is -0.113. The summed E-state index contributed by atoms with van der Waals surface area (Å²) in [5, 5.41) is 9.10. The number of hydrogen-bond donors (Lipinski definition) is 0. The standard InChI is InChI=1S/C34H25BrN6O3/c1-44-26-14-11-22(12-15-26)19-40-32(36-30-10-6-5-9-27(30)33(40)42)18-29-28-17-23(35)13-16-31(28)39(34(29)43)20-24-21-41(38-37-24)25-7-3-2-4-8-25/h2-18,21H,19-20H2,1H3/b29-18+. The molecule has 0 unspecified atom stereocenters. The highest BCUT2D eigenvalue weighted by Gasteiger charge is 2.33. The summed E-state index contributed by atoms with van der Waals surface area (Å²) in [6.07, 6.45) is 3.53. The van der Waals surface area contributed by atoms with Crippen LogP contribution < -0.4 is 15.2 Å². The number of carbonyl (C=O) groups is 1. The minimum absolute atomic E-state index is 0.187. The first kappa shape index (κ1) is 27.5. The summed E-state index contributed by atoms with van der Waals surface area (Å²) in [6, 6.07) is 30.2. The second-order valence-corrected chi connectivity index (χ2v) is 11.2. The average Bonchev–Trinajstić information content (AvgIpc) is 3.62. The van der Waals surface area contributed by atoms with Crippen LogP contribution in [-0.2, 0) is 17.9 Å². The Morgan fingerprint density at radius 2 is 1.66 bits per heavy atom. The molecule has 6 aromatic rings. The van der Waals surface area contributed by atoms with Gasteiger partial charge in [-0.05, 0) is 66.2 Å². The number of carbonyl (C=O) groups excluding carboxylic acids is 1. The topological polar surface area (TPSA) is 95.1 Å². The molecular weight excluding hydrogens is 620 g/mol. The molecule has 1 aliphatic rings. The minimum Gasteiger partial charge on any atom is -0.497 e. The fourth-order valence-corrected chi connectivity index (χ4v) is 5.72. The van der Waals surface area contributed by atoms with Crippen molar-refractivity contribution in [1.29, 1.82) is 0 Å². The molecule has 10 heteroatoms. The van der Waals surface area contributed by atoms with Gasteiger partial charge in [-0.25, -0.2) is 9.67 Å². The Morgan fingerprint density at radius 3 is 2.45 bits per heavy atom. The molecule has 9 nitrogen and oxygen atoms in total. The molecule has 44 heavy (non-hydrogen) atoms. The van der Waals surface area contributed by atoms with Crippen LogP contribution in [0.3, 0.4) is 0 Å². The monoisotopic (exact) mass is 644 g/mol. The van der Waals surface area contributed by atoms with E-state index in [1.165, 1.54) is 0 Å². The van der Waals surface area contributed by atoms with Crippen molar-refractivity contribution in [3.05, 3.63) is 141 Å². The van der Waals surface area contributed by atoms with Crippen LogP contribution in [0.4, 0.5) is 5.69 Å². The van der Waals surface area contributed by atoms with Crippen molar-refractivity contribution in [1.82, 2.24) is 24.5 Å². The predicted octanol–water partition coefficient (Wildman–Crippen LogP) is 5.88. The third-order valence-corrected chi connectivity index (χ3v) is 8.05. The lowest BCUT2D eigenvalue weighted by Gasteiger charge is -2.15. The molecule has 0 spiro atoms.